The second-order valence-corrected chi connectivity index (χ2v) is 7.06. The van der Waals surface area contributed by atoms with Gasteiger partial charge in [-0.25, -0.2) is 14.5 Å². The highest BCUT2D eigenvalue weighted by atomic mass is 35.5. The zero-order valence-electron chi connectivity index (χ0n) is 13.4. The first-order valence-corrected chi connectivity index (χ1v) is 8.97. The Balaban J connectivity index is 1.65. The van der Waals surface area contributed by atoms with Crippen LogP contribution < -0.4 is 5.32 Å². The first-order chi connectivity index (χ1) is 12.1. The van der Waals surface area contributed by atoms with Crippen molar-refractivity contribution in [1.82, 2.24) is 19.6 Å². The summed E-state index contributed by atoms with van der Waals surface area (Å²) in [4.78, 5) is 8.36. The minimum atomic E-state index is -0.171. The molecule has 4 rings (SSSR count). The molecule has 1 aliphatic rings. The standard InChI is InChI=1S/C17H17Cl2N5O/c18-14-7-10(8-15(19)22-14)13-9-20-17-6-5-16(23-24(13)17)21-11-1-3-12(25)4-2-11/h5-9,11-12,25H,1-4H2,(H,21,23). The third-order valence-corrected chi connectivity index (χ3v) is 4.86. The summed E-state index contributed by atoms with van der Waals surface area (Å²) in [5.74, 6) is 0.777. The molecule has 0 aromatic carbocycles. The molecular weight excluding hydrogens is 361 g/mol. The summed E-state index contributed by atoms with van der Waals surface area (Å²) in [5.41, 5.74) is 2.34. The second kappa shape index (κ2) is 6.78. The Hall–Kier alpha value is -1.89. The van der Waals surface area contributed by atoms with Crippen molar-refractivity contribution >= 4 is 34.7 Å². The maximum absolute atomic E-state index is 9.63. The summed E-state index contributed by atoms with van der Waals surface area (Å²) in [6, 6.07) is 7.64. The van der Waals surface area contributed by atoms with Crippen molar-refractivity contribution in [2.24, 2.45) is 0 Å². The Morgan fingerprint density at radius 1 is 1.08 bits per heavy atom. The van der Waals surface area contributed by atoms with Crippen molar-refractivity contribution in [2.45, 2.75) is 37.8 Å². The summed E-state index contributed by atoms with van der Waals surface area (Å²) in [7, 11) is 0. The maximum Gasteiger partial charge on any atom is 0.154 e. The van der Waals surface area contributed by atoms with Gasteiger partial charge in [-0.05, 0) is 49.9 Å². The number of aliphatic hydroxyl groups is 1. The van der Waals surface area contributed by atoms with Crippen LogP contribution in [-0.4, -0.2) is 36.8 Å². The summed E-state index contributed by atoms with van der Waals surface area (Å²) in [5, 5.41) is 18.4. The van der Waals surface area contributed by atoms with Crippen LogP contribution in [0.2, 0.25) is 10.3 Å². The molecule has 1 aliphatic carbocycles. The van der Waals surface area contributed by atoms with E-state index in [1.54, 1.807) is 22.8 Å². The average Bonchev–Trinajstić information content (AvgIpc) is 2.99. The van der Waals surface area contributed by atoms with Crippen molar-refractivity contribution in [2.75, 3.05) is 5.32 Å². The van der Waals surface area contributed by atoms with Gasteiger partial charge in [-0.15, -0.1) is 5.10 Å². The molecule has 0 radical (unpaired) electrons. The number of nitrogens with zero attached hydrogens (tertiary/aromatic N) is 4. The quantitative estimate of drug-likeness (QED) is 0.678. The fourth-order valence-corrected chi connectivity index (χ4v) is 3.65. The smallest absolute Gasteiger partial charge is 0.154 e. The molecule has 0 spiro atoms. The van der Waals surface area contributed by atoms with Crippen molar-refractivity contribution < 1.29 is 5.11 Å². The lowest BCUT2D eigenvalue weighted by Crippen LogP contribution is -2.28. The van der Waals surface area contributed by atoms with Crippen LogP contribution in [0.25, 0.3) is 16.9 Å². The van der Waals surface area contributed by atoms with Crippen LogP contribution in [0.5, 0.6) is 0 Å². The number of imidazole rings is 1. The molecule has 25 heavy (non-hydrogen) atoms. The summed E-state index contributed by atoms with van der Waals surface area (Å²) in [6.07, 6.45) is 5.09. The summed E-state index contributed by atoms with van der Waals surface area (Å²) >= 11 is 12.0. The molecule has 0 amide bonds. The van der Waals surface area contributed by atoms with Crippen LogP contribution in [0, 0.1) is 0 Å². The molecule has 3 aromatic heterocycles. The van der Waals surface area contributed by atoms with Crippen molar-refractivity contribution in [1.29, 1.82) is 0 Å². The van der Waals surface area contributed by atoms with E-state index in [1.807, 2.05) is 12.1 Å². The number of fused-ring (bicyclic) bond motifs is 1. The topological polar surface area (TPSA) is 75.3 Å². The van der Waals surface area contributed by atoms with E-state index in [0.29, 0.717) is 16.3 Å². The van der Waals surface area contributed by atoms with Crippen LogP contribution in [0.4, 0.5) is 5.82 Å². The Labute approximate surface area is 154 Å². The molecule has 0 atom stereocenters. The number of nitrogens with one attached hydrogen (secondary N) is 1. The molecule has 0 aliphatic heterocycles. The molecule has 1 saturated carbocycles. The molecule has 130 valence electrons. The number of anilines is 1. The predicted octanol–water partition coefficient (Wildman–Crippen LogP) is 3.81. The number of rotatable bonds is 3. The second-order valence-electron chi connectivity index (χ2n) is 6.28. The highest BCUT2D eigenvalue weighted by Crippen LogP contribution is 2.26. The third-order valence-electron chi connectivity index (χ3n) is 4.47. The molecule has 2 N–H and O–H groups in total. The Bertz CT molecular complexity index is 885. The highest BCUT2D eigenvalue weighted by molar-refractivity contribution is 6.32. The largest absolute Gasteiger partial charge is 0.393 e. The Kier molecular flexibility index (Phi) is 4.50. The van der Waals surface area contributed by atoms with Crippen LogP contribution in [0.15, 0.2) is 30.5 Å². The van der Waals surface area contributed by atoms with Gasteiger partial charge in [0.15, 0.2) is 5.65 Å². The molecular formula is C17H17Cl2N5O. The van der Waals surface area contributed by atoms with Gasteiger partial charge < -0.3 is 10.4 Å². The van der Waals surface area contributed by atoms with Crippen molar-refractivity contribution in [3.8, 4) is 11.3 Å². The molecule has 0 unspecified atom stereocenters. The first kappa shape index (κ1) is 16.6. The highest BCUT2D eigenvalue weighted by Gasteiger charge is 2.19. The zero-order valence-corrected chi connectivity index (χ0v) is 14.9. The van der Waals surface area contributed by atoms with E-state index in [1.165, 1.54) is 0 Å². The number of pyridine rings is 1. The van der Waals surface area contributed by atoms with Crippen LogP contribution in [-0.2, 0) is 0 Å². The van der Waals surface area contributed by atoms with Gasteiger partial charge in [-0.1, -0.05) is 23.2 Å². The van der Waals surface area contributed by atoms with E-state index in [0.717, 1.165) is 48.4 Å². The van der Waals surface area contributed by atoms with E-state index in [-0.39, 0.29) is 6.10 Å². The number of halogens is 2. The lowest BCUT2D eigenvalue weighted by Gasteiger charge is -2.26. The Morgan fingerprint density at radius 2 is 1.80 bits per heavy atom. The maximum atomic E-state index is 9.63. The monoisotopic (exact) mass is 377 g/mol. The van der Waals surface area contributed by atoms with Crippen molar-refractivity contribution in [3.05, 3.63) is 40.8 Å². The minimum Gasteiger partial charge on any atom is -0.393 e. The lowest BCUT2D eigenvalue weighted by molar-refractivity contribution is 0.126. The summed E-state index contributed by atoms with van der Waals surface area (Å²) < 4.78 is 1.77. The normalized spacial score (nSPS) is 20.8. The van der Waals surface area contributed by atoms with E-state index in [4.69, 9.17) is 23.2 Å². The van der Waals surface area contributed by atoms with Gasteiger partial charge in [0.25, 0.3) is 0 Å². The SMILES string of the molecule is OC1CCC(Nc2ccc3ncc(-c4cc(Cl)nc(Cl)c4)n3n2)CC1. The van der Waals surface area contributed by atoms with Gasteiger partial charge in [0.2, 0.25) is 0 Å². The van der Waals surface area contributed by atoms with Gasteiger partial charge in [0, 0.05) is 11.6 Å². The summed E-state index contributed by atoms with van der Waals surface area (Å²) in [6.45, 7) is 0. The molecule has 3 aromatic rings. The van der Waals surface area contributed by atoms with Crippen LogP contribution in [0.3, 0.4) is 0 Å². The van der Waals surface area contributed by atoms with Crippen molar-refractivity contribution in [3.63, 3.8) is 0 Å². The Morgan fingerprint density at radius 3 is 2.52 bits per heavy atom. The predicted molar refractivity (Wildman–Crippen MR) is 98.1 cm³/mol. The van der Waals surface area contributed by atoms with Gasteiger partial charge >= 0.3 is 0 Å². The average molecular weight is 378 g/mol. The number of aliphatic hydroxyl groups excluding tert-OH is 1. The van der Waals surface area contributed by atoms with E-state index >= 15 is 0 Å². The van der Waals surface area contributed by atoms with Crippen LogP contribution in [0.1, 0.15) is 25.7 Å². The van der Waals surface area contributed by atoms with Gasteiger partial charge in [0.05, 0.1) is 18.0 Å². The molecule has 0 bridgehead atoms. The molecule has 6 nitrogen and oxygen atoms in total. The molecule has 1 fully saturated rings. The van der Waals surface area contributed by atoms with E-state index in [9.17, 15) is 5.11 Å². The molecule has 0 saturated heterocycles. The fraction of sp³-hybridized carbons (Fsp3) is 0.353. The first-order valence-electron chi connectivity index (χ1n) is 8.21. The van der Waals surface area contributed by atoms with Gasteiger partial charge in [-0.3, -0.25) is 0 Å². The fourth-order valence-electron chi connectivity index (χ4n) is 3.19. The van der Waals surface area contributed by atoms with Gasteiger partial charge in [0.1, 0.15) is 16.1 Å². The van der Waals surface area contributed by atoms with Crippen LogP contribution >= 0.6 is 23.2 Å². The minimum absolute atomic E-state index is 0.171. The number of hydrogen-bond donors (Lipinski definition) is 2. The zero-order chi connectivity index (χ0) is 17.4. The third kappa shape index (κ3) is 3.56. The molecule has 3 heterocycles. The van der Waals surface area contributed by atoms with E-state index in [2.05, 4.69) is 20.4 Å². The molecule has 8 heteroatoms. The number of hydrogen-bond acceptors (Lipinski definition) is 5. The number of aromatic nitrogens is 4. The van der Waals surface area contributed by atoms with Gasteiger partial charge in [-0.2, -0.15) is 0 Å². The van der Waals surface area contributed by atoms with E-state index < -0.39 is 0 Å². The lowest BCUT2D eigenvalue weighted by atomic mass is 9.93.